The number of carbonyl (C=O) groups is 1. The van der Waals surface area contributed by atoms with E-state index in [1.54, 1.807) is 4.68 Å². The number of benzene rings is 1. The molecular weight excluding hydrogens is 276 g/mol. The fraction of sp³-hybridized carbons (Fsp3) is 0.333. The zero-order chi connectivity index (χ0) is 14.9. The van der Waals surface area contributed by atoms with Crippen LogP contribution in [0.1, 0.15) is 41.2 Å². The molecule has 0 aliphatic heterocycles. The molecule has 1 N–H and O–H groups in total. The molecule has 0 saturated heterocycles. The lowest BCUT2D eigenvalue weighted by atomic mass is 10.1. The van der Waals surface area contributed by atoms with E-state index >= 15 is 0 Å². The second-order valence-corrected chi connectivity index (χ2v) is 5.03. The van der Waals surface area contributed by atoms with Crippen LogP contribution >= 0.6 is 11.6 Å². The Morgan fingerprint density at radius 3 is 2.55 bits per heavy atom. The molecule has 0 amide bonds. The van der Waals surface area contributed by atoms with Gasteiger partial charge in [0.1, 0.15) is 5.56 Å². The Hall–Kier alpha value is -1.81. The molecule has 0 aliphatic rings. The lowest BCUT2D eigenvalue weighted by molar-refractivity contribution is 0.0694. The summed E-state index contributed by atoms with van der Waals surface area (Å²) in [6.45, 7) is 5.76. The van der Waals surface area contributed by atoms with E-state index in [1.807, 2.05) is 39.0 Å². The minimum Gasteiger partial charge on any atom is -0.478 e. The molecule has 0 unspecified atom stereocenters. The summed E-state index contributed by atoms with van der Waals surface area (Å²) in [5.74, 6) is -0.928. The Balaban J connectivity index is 2.67. The van der Waals surface area contributed by atoms with Crippen molar-refractivity contribution in [3.63, 3.8) is 0 Å². The maximum atomic E-state index is 11.4. The quantitative estimate of drug-likeness (QED) is 0.935. The van der Waals surface area contributed by atoms with Crippen molar-refractivity contribution in [2.45, 2.75) is 33.6 Å². The van der Waals surface area contributed by atoms with Gasteiger partial charge in [0.25, 0.3) is 0 Å². The number of halogens is 1. The van der Waals surface area contributed by atoms with E-state index in [-0.39, 0.29) is 0 Å². The summed E-state index contributed by atoms with van der Waals surface area (Å²) in [4.78, 5) is 11.4. The van der Waals surface area contributed by atoms with E-state index in [2.05, 4.69) is 5.10 Å². The molecule has 0 saturated carbocycles. The smallest absolute Gasteiger partial charge is 0.339 e. The molecular formula is C15H17ClN2O2. The predicted molar refractivity (Wildman–Crippen MR) is 79.0 cm³/mol. The van der Waals surface area contributed by atoms with Gasteiger partial charge in [-0.15, -0.1) is 0 Å². The zero-order valence-corrected chi connectivity index (χ0v) is 12.5. The van der Waals surface area contributed by atoms with Crippen molar-refractivity contribution in [1.29, 1.82) is 0 Å². The minimum atomic E-state index is -0.928. The normalized spacial score (nSPS) is 10.8. The number of hydrogen-bond donors (Lipinski definition) is 1. The lowest BCUT2D eigenvalue weighted by Crippen LogP contribution is -2.06. The van der Waals surface area contributed by atoms with Gasteiger partial charge in [-0.3, -0.25) is 0 Å². The summed E-state index contributed by atoms with van der Waals surface area (Å²) < 4.78 is 1.69. The largest absolute Gasteiger partial charge is 0.478 e. The van der Waals surface area contributed by atoms with Crippen LogP contribution in [0, 0.1) is 6.92 Å². The van der Waals surface area contributed by atoms with Gasteiger partial charge in [-0.25, -0.2) is 9.48 Å². The first-order valence-corrected chi connectivity index (χ1v) is 6.97. The van der Waals surface area contributed by atoms with E-state index < -0.39 is 5.97 Å². The third kappa shape index (κ3) is 2.43. The van der Waals surface area contributed by atoms with Gasteiger partial charge in [0, 0.05) is 5.02 Å². The van der Waals surface area contributed by atoms with E-state index in [1.165, 1.54) is 0 Å². The van der Waals surface area contributed by atoms with Crippen molar-refractivity contribution in [3.05, 3.63) is 45.7 Å². The number of nitrogens with zero attached hydrogens (tertiary/aromatic N) is 2. The Morgan fingerprint density at radius 2 is 2.05 bits per heavy atom. The third-order valence-corrected chi connectivity index (χ3v) is 3.74. The van der Waals surface area contributed by atoms with Crippen LogP contribution in [0.2, 0.25) is 5.02 Å². The summed E-state index contributed by atoms with van der Waals surface area (Å²) in [7, 11) is 0. The molecule has 20 heavy (non-hydrogen) atoms. The Morgan fingerprint density at radius 1 is 1.35 bits per heavy atom. The van der Waals surface area contributed by atoms with Crippen LogP contribution < -0.4 is 0 Å². The summed E-state index contributed by atoms with van der Waals surface area (Å²) >= 11 is 6.14. The second kappa shape index (κ2) is 5.67. The van der Waals surface area contributed by atoms with Crippen LogP contribution in [0.25, 0.3) is 5.69 Å². The minimum absolute atomic E-state index is 0.312. The van der Waals surface area contributed by atoms with E-state index in [0.29, 0.717) is 34.8 Å². The maximum Gasteiger partial charge on any atom is 0.339 e. The fourth-order valence-electron chi connectivity index (χ4n) is 2.25. The number of carboxylic acids is 1. The van der Waals surface area contributed by atoms with Crippen LogP contribution in [0.4, 0.5) is 0 Å². The first-order chi connectivity index (χ1) is 9.49. The molecule has 0 aliphatic carbocycles. The SMILES string of the molecule is CCc1nn(-c2ccc(C)c(Cl)c2)c(CC)c1C(=O)O. The molecule has 4 nitrogen and oxygen atoms in total. The topological polar surface area (TPSA) is 55.1 Å². The van der Waals surface area contributed by atoms with Crippen LogP contribution in [-0.4, -0.2) is 20.9 Å². The highest BCUT2D eigenvalue weighted by Crippen LogP contribution is 2.24. The molecule has 1 aromatic carbocycles. The molecule has 0 atom stereocenters. The zero-order valence-electron chi connectivity index (χ0n) is 11.8. The molecule has 1 heterocycles. The highest BCUT2D eigenvalue weighted by Gasteiger charge is 2.22. The molecule has 0 radical (unpaired) electrons. The number of carboxylic acid groups (broad SMARTS) is 1. The van der Waals surface area contributed by atoms with Crippen molar-refractivity contribution in [3.8, 4) is 5.69 Å². The van der Waals surface area contributed by atoms with Gasteiger partial charge < -0.3 is 5.11 Å². The molecule has 0 spiro atoms. The monoisotopic (exact) mass is 292 g/mol. The maximum absolute atomic E-state index is 11.4. The van der Waals surface area contributed by atoms with Gasteiger partial charge in [-0.1, -0.05) is 31.5 Å². The van der Waals surface area contributed by atoms with Crippen molar-refractivity contribution in [2.75, 3.05) is 0 Å². The number of hydrogen-bond acceptors (Lipinski definition) is 2. The average Bonchev–Trinajstić information content (AvgIpc) is 2.80. The molecule has 106 valence electrons. The fourth-order valence-corrected chi connectivity index (χ4v) is 2.43. The first kappa shape index (κ1) is 14.6. The predicted octanol–water partition coefficient (Wildman–Crippen LogP) is 3.66. The van der Waals surface area contributed by atoms with Crippen molar-refractivity contribution in [1.82, 2.24) is 9.78 Å². The van der Waals surface area contributed by atoms with Gasteiger partial charge >= 0.3 is 5.97 Å². The Labute approximate surface area is 123 Å². The lowest BCUT2D eigenvalue weighted by Gasteiger charge is -2.08. The second-order valence-electron chi connectivity index (χ2n) is 4.63. The Bertz CT molecular complexity index is 662. The first-order valence-electron chi connectivity index (χ1n) is 6.60. The average molecular weight is 293 g/mol. The summed E-state index contributed by atoms with van der Waals surface area (Å²) in [5.41, 5.74) is 3.39. The van der Waals surface area contributed by atoms with Gasteiger partial charge in [-0.2, -0.15) is 5.10 Å². The molecule has 0 bridgehead atoms. The molecule has 0 fully saturated rings. The van der Waals surface area contributed by atoms with Crippen LogP contribution in [0.3, 0.4) is 0 Å². The molecule has 1 aromatic heterocycles. The number of aromatic carboxylic acids is 1. The van der Waals surface area contributed by atoms with Gasteiger partial charge in [-0.05, 0) is 37.5 Å². The van der Waals surface area contributed by atoms with E-state index in [4.69, 9.17) is 11.6 Å². The van der Waals surface area contributed by atoms with E-state index in [9.17, 15) is 9.90 Å². The molecule has 2 aromatic rings. The molecule has 5 heteroatoms. The van der Waals surface area contributed by atoms with Crippen molar-refractivity contribution >= 4 is 17.6 Å². The van der Waals surface area contributed by atoms with Crippen LogP contribution in [-0.2, 0) is 12.8 Å². The highest BCUT2D eigenvalue weighted by molar-refractivity contribution is 6.31. The highest BCUT2D eigenvalue weighted by atomic mass is 35.5. The standard InChI is InChI=1S/C15H17ClN2O2/c1-4-12-14(15(19)20)13(5-2)18(17-12)10-7-6-9(3)11(16)8-10/h6-8H,4-5H2,1-3H3,(H,19,20). The number of aryl methyl sites for hydroxylation is 2. The van der Waals surface area contributed by atoms with Crippen molar-refractivity contribution < 1.29 is 9.90 Å². The van der Waals surface area contributed by atoms with Gasteiger partial charge in [0.15, 0.2) is 0 Å². The number of rotatable bonds is 4. The molecule has 2 rings (SSSR count). The van der Waals surface area contributed by atoms with Crippen LogP contribution in [0.5, 0.6) is 0 Å². The van der Waals surface area contributed by atoms with E-state index in [0.717, 1.165) is 11.3 Å². The van der Waals surface area contributed by atoms with Crippen LogP contribution in [0.15, 0.2) is 18.2 Å². The third-order valence-electron chi connectivity index (χ3n) is 3.34. The summed E-state index contributed by atoms with van der Waals surface area (Å²) in [6.07, 6.45) is 1.18. The number of aromatic nitrogens is 2. The van der Waals surface area contributed by atoms with Gasteiger partial charge in [0.05, 0.1) is 17.1 Å². The summed E-state index contributed by atoms with van der Waals surface area (Å²) in [5, 5.41) is 14.5. The van der Waals surface area contributed by atoms with Gasteiger partial charge in [0.2, 0.25) is 0 Å². The Kier molecular flexibility index (Phi) is 4.14. The van der Waals surface area contributed by atoms with Crippen molar-refractivity contribution in [2.24, 2.45) is 0 Å². The summed E-state index contributed by atoms with van der Waals surface area (Å²) in [6, 6.07) is 5.62.